The van der Waals surface area contributed by atoms with Crippen LogP contribution in [0.3, 0.4) is 0 Å². The van der Waals surface area contributed by atoms with Gasteiger partial charge in [-0.05, 0) is 7.05 Å². The molecule has 4 heteroatoms. The van der Waals surface area contributed by atoms with Gasteiger partial charge in [0.05, 0.1) is 6.61 Å². The van der Waals surface area contributed by atoms with Crippen LogP contribution in [0.1, 0.15) is 0 Å². The van der Waals surface area contributed by atoms with Crippen LogP contribution in [0.15, 0.2) is 0 Å². The molecule has 1 rings (SSSR count). The minimum absolute atomic E-state index is 0. The van der Waals surface area contributed by atoms with Gasteiger partial charge >= 0.3 is 0 Å². The predicted octanol–water partition coefficient (Wildman–Crippen LogP) is -0.696. The van der Waals surface area contributed by atoms with Crippen molar-refractivity contribution in [1.82, 2.24) is 10.2 Å². The van der Waals surface area contributed by atoms with Crippen molar-refractivity contribution in [1.29, 1.82) is 0 Å². The third kappa shape index (κ3) is 2.42. The highest BCUT2D eigenvalue weighted by Gasteiger charge is 2.16. The summed E-state index contributed by atoms with van der Waals surface area (Å²) in [5.41, 5.74) is 0. The Morgan fingerprint density at radius 1 is 1.70 bits per heavy atom. The highest BCUT2D eigenvalue weighted by atomic mass is 35.5. The van der Waals surface area contributed by atoms with Gasteiger partial charge in [0.2, 0.25) is 0 Å². The molecule has 0 aliphatic carbocycles. The summed E-state index contributed by atoms with van der Waals surface area (Å²) in [6.07, 6.45) is 0. The summed E-state index contributed by atoms with van der Waals surface area (Å²) in [7, 11) is 2.04. The van der Waals surface area contributed by atoms with Crippen LogP contribution in [0.25, 0.3) is 0 Å². The summed E-state index contributed by atoms with van der Waals surface area (Å²) in [5, 5.41) is 12.0. The molecule has 62 valence electrons. The molecule has 1 fully saturated rings. The fourth-order valence-electron chi connectivity index (χ4n) is 1.07. The first kappa shape index (κ1) is 10.2. The first-order valence-corrected chi connectivity index (χ1v) is 3.36. The maximum Gasteiger partial charge on any atom is 0.0599 e. The maximum absolute atomic E-state index is 8.78. The lowest BCUT2D eigenvalue weighted by Gasteiger charge is -2.31. The fourth-order valence-corrected chi connectivity index (χ4v) is 1.07. The first-order valence-electron chi connectivity index (χ1n) is 3.36. The van der Waals surface area contributed by atoms with Crippen LogP contribution in [-0.4, -0.2) is 49.3 Å². The minimum atomic E-state index is 0. The Bertz CT molecular complexity index is 91.8. The number of rotatable bonds is 1. The Labute approximate surface area is 67.8 Å². The van der Waals surface area contributed by atoms with E-state index in [0.717, 1.165) is 19.6 Å². The van der Waals surface area contributed by atoms with Crippen molar-refractivity contribution < 1.29 is 5.11 Å². The molecule has 1 saturated heterocycles. The number of hydrogen-bond donors (Lipinski definition) is 2. The van der Waals surface area contributed by atoms with Gasteiger partial charge in [-0.2, -0.15) is 0 Å². The van der Waals surface area contributed by atoms with Crippen molar-refractivity contribution in [3.8, 4) is 0 Å². The Kier molecular flexibility index (Phi) is 4.99. The Morgan fingerprint density at radius 2 is 2.40 bits per heavy atom. The van der Waals surface area contributed by atoms with Crippen LogP contribution in [0.2, 0.25) is 0 Å². The van der Waals surface area contributed by atoms with E-state index in [1.165, 1.54) is 0 Å². The number of aliphatic hydroxyl groups is 1. The largest absolute Gasteiger partial charge is 0.395 e. The van der Waals surface area contributed by atoms with Crippen LogP contribution < -0.4 is 5.32 Å². The lowest BCUT2D eigenvalue weighted by molar-refractivity contribution is 0.124. The molecule has 1 aliphatic rings. The molecule has 1 atom stereocenters. The molecule has 0 radical (unpaired) electrons. The number of nitrogens with one attached hydrogen (secondary N) is 1. The van der Waals surface area contributed by atoms with E-state index < -0.39 is 0 Å². The van der Waals surface area contributed by atoms with Gasteiger partial charge in [-0.1, -0.05) is 0 Å². The van der Waals surface area contributed by atoms with E-state index in [1.54, 1.807) is 0 Å². The molecule has 3 nitrogen and oxygen atoms in total. The maximum atomic E-state index is 8.78. The Balaban J connectivity index is 0.000000810. The molecule has 0 aromatic rings. The zero-order chi connectivity index (χ0) is 6.69. The molecular weight excluding hydrogens is 152 g/mol. The fraction of sp³-hybridized carbons (Fsp3) is 1.00. The SMILES string of the molecule is CN1CCNC[C@@H]1CO.Cl. The lowest BCUT2D eigenvalue weighted by atomic mass is 10.2. The van der Waals surface area contributed by atoms with Crippen molar-refractivity contribution in [2.75, 3.05) is 33.3 Å². The van der Waals surface area contributed by atoms with Gasteiger partial charge in [-0.15, -0.1) is 12.4 Å². The second-order valence-electron chi connectivity index (χ2n) is 2.52. The lowest BCUT2D eigenvalue weighted by Crippen LogP contribution is -2.50. The third-order valence-electron chi connectivity index (χ3n) is 1.86. The summed E-state index contributed by atoms with van der Waals surface area (Å²) in [5.74, 6) is 0. The smallest absolute Gasteiger partial charge is 0.0599 e. The molecule has 10 heavy (non-hydrogen) atoms. The molecule has 0 saturated carbocycles. The average Bonchev–Trinajstić information content (AvgIpc) is 1.89. The first-order chi connectivity index (χ1) is 4.34. The van der Waals surface area contributed by atoms with Gasteiger partial charge in [0.1, 0.15) is 0 Å². The highest BCUT2D eigenvalue weighted by Crippen LogP contribution is 1.96. The van der Waals surface area contributed by atoms with Crippen LogP contribution >= 0.6 is 12.4 Å². The van der Waals surface area contributed by atoms with E-state index in [4.69, 9.17) is 5.11 Å². The summed E-state index contributed by atoms with van der Waals surface area (Å²) in [6.45, 7) is 3.29. The van der Waals surface area contributed by atoms with Crippen LogP contribution in [-0.2, 0) is 0 Å². The highest BCUT2D eigenvalue weighted by molar-refractivity contribution is 5.85. The van der Waals surface area contributed by atoms with Gasteiger partial charge in [-0.25, -0.2) is 0 Å². The van der Waals surface area contributed by atoms with Crippen molar-refractivity contribution in [3.63, 3.8) is 0 Å². The van der Waals surface area contributed by atoms with E-state index in [9.17, 15) is 0 Å². The molecule has 0 unspecified atom stereocenters. The van der Waals surface area contributed by atoms with Crippen molar-refractivity contribution in [2.24, 2.45) is 0 Å². The van der Waals surface area contributed by atoms with Gasteiger partial charge in [0.25, 0.3) is 0 Å². The van der Waals surface area contributed by atoms with Gasteiger partial charge in [0, 0.05) is 25.7 Å². The number of halogens is 1. The molecule has 0 spiro atoms. The summed E-state index contributed by atoms with van der Waals surface area (Å²) >= 11 is 0. The molecular formula is C6H15ClN2O. The molecule has 0 aromatic heterocycles. The van der Waals surface area contributed by atoms with E-state index in [1.807, 2.05) is 7.05 Å². The summed E-state index contributed by atoms with van der Waals surface area (Å²) in [4.78, 5) is 2.18. The minimum Gasteiger partial charge on any atom is -0.395 e. The van der Waals surface area contributed by atoms with E-state index in [-0.39, 0.29) is 19.0 Å². The number of hydrogen-bond acceptors (Lipinski definition) is 3. The normalized spacial score (nSPS) is 27.6. The Hall–Kier alpha value is 0.170. The van der Waals surface area contributed by atoms with E-state index in [2.05, 4.69) is 10.2 Å². The number of likely N-dealkylation sites (N-methyl/N-ethyl adjacent to an activating group) is 1. The van der Waals surface area contributed by atoms with E-state index >= 15 is 0 Å². The molecule has 0 amide bonds. The standard InChI is InChI=1S/C6H14N2O.ClH/c1-8-3-2-7-4-6(8)5-9;/h6-7,9H,2-5H2,1H3;1H/t6-;/m1./s1. The zero-order valence-electron chi connectivity index (χ0n) is 6.21. The van der Waals surface area contributed by atoms with Crippen molar-refractivity contribution in [3.05, 3.63) is 0 Å². The summed E-state index contributed by atoms with van der Waals surface area (Å²) < 4.78 is 0. The zero-order valence-corrected chi connectivity index (χ0v) is 7.02. The van der Waals surface area contributed by atoms with Crippen LogP contribution in [0.5, 0.6) is 0 Å². The quantitative estimate of drug-likeness (QED) is 0.541. The molecule has 1 aliphatic heterocycles. The molecule has 0 bridgehead atoms. The molecule has 0 aromatic carbocycles. The molecule has 1 heterocycles. The van der Waals surface area contributed by atoms with E-state index in [0.29, 0.717) is 6.04 Å². The van der Waals surface area contributed by atoms with Crippen LogP contribution in [0.4, 0.5) is 0 Å². The molecule has 2 N–H and O–H groups in total. The number of aliphatic hydroxyl groups excluding tert-OH is 1. The monoisotopic (exact) mass is 166 g/mol. The second kappa shape index (κ2) is 4.91. The third-order valence-corrected chi connectivity index (χ3v) is 1.86. The van der Waals surface area contributed by atoms with Crippen molar-refractivity contribution in [2.45, 2.75) is 6.04 Å². The predicted molar refractivity (Wildman–Crippen MR) is 43.6 cm³/mol. The van der Waals surface area contributed by atoms with Gasteiger partial charge < -0.3 is 10.4 Å². The second-order valence-corrected chi connectivity index (χ2v) is 2.52. The van der Waals surface area contributed by atoms with Gasteiger partial charge in [0.15, 0.2) is 0 Å². The average molecular weight is 167 g/mol. The Morgan fingerprint density at radius 3 is 2.80 bits per heavy atom. The van der Waals surface area contributed by atoms with Crippen molar-refractivity contribution >= 4 is 12.4 Å². The summed E-state index contributed by atoms with van der Waals surface area (Å²) in [6, 6.07) is 0.332. The van der Waals surface area contributed by atoms with Gasteiger partial charge in [-0.3, -0.25) is 4.90 Å². The van der Waals surface area contributed by atoms with Crippen LogP contribution in [0, 0.1) is 0 Å². The topological polar surface area (TPSA) is 35.5 Å². The number of piperazine rings is 1. The number of nitrogens with zero attached hydrogens (tertiary/aromatic N) is 1.